The van der Waals surface area contributed by atoms with E-state index in [4.69, 9.17) is 18.7 Å². The molecule has 322 valence electrons. The quantitative estimate of drug-likeness (QED) is 0.0715. The van der Waals surface area contributed by atoms with E-state index < -0.39 is 0 Å². The second kappa shape index (κ2) is 20.6. The third-order valence-electron chi connectivity index (χ3n) is 12.7. The third-order valence-corrected chi connectivity index (χ3v) is 17.2. The van der Waals surface area contributed by atoms with E-state index in [-0.39, 0.29) is 0 Å². The number of hydrogen-bond donors (Lipinski definition) is 0. The van der Waals surface area contributed by atoms with Gasteiger partial charge in [-0.1, -0.05) is 153 Å². The Morgan fingerprint density at radius 3 is 1.25 bits per heavy atom. The first-order valence-corrected chi connectivity index (χ1v) is 27.1. The van der Waals surface area contributed by atoms with Crippen molar-refractivity contribution in [3.8, 4) is 62.9 Å². The molecule has 9 aromatic rings. The van der Waals surface area contributed by atoms with Gasteiger partial charge in [0.1, 0.15) is 33.5 Å². The average molecular weight is 921 g/mol. The van der Waals surface area contributed by atoms with Crippen molar-refractivity contribution in [2.45, 2.75) is 105 Å². The lowest BCUT2D eigenvalue weighted by atomic mass is 9.91. The number of thiophene rings is 4. The first kappa shape index (κ1) is 43.9. The molecule has 0 fully saturated rings. The van der Waals surface area contributed by atoms with E-state index in [1.54, 1.807) is 45.3 Å². The minimum Gasteiger partial charge on any atom is -0.242 e. The van der Waals surface area contributed by atoms with Crippen LogP contribution in [0.2, 0.25) is 0 Å². The van der Waals surface area contributed by atoms with Crippen molar-refractivity contribution >= 4 is 79.1 Å². The topological polar surface area (TPSA) is 51.6 Å². The molecule has 0 radical (unpaired) electrons. The lowest BCUT2D eigenvalue weighted by Gasteiger charge is -2.15. The minimum atomic E-state index is 0.748. The van der Waals surface area contributed by atoms with Crippen molar-refractivity contribution in [3.05, 3.63) is 119 Å². The van der Waals surface area contributed by atoms with Gasteiger partial charge in [0.2, 0.25) is 0 Å². The van der Waals surface area contributed by atoms with Crippen molar-refractivity contribution in [2.75, 3.05) is 0 Å². The van der Waals surface area contributed by atoms with Crippen molar-refractivity contribution in [2.24, 2.45) is 11.8 Å². The van der Waals surface area contributed by atoms with Crippen LogP contribution >= 0.6 is 57.1 Å². The highest BCUT2D eigenvalue weighted by Crippen LogP contribution is 2.49. The summed E-state index contributed by atoms with van der Waals surface area (Å²) < 4.78 is 10.1. The molecule has 0 saturated heterocycles. The molecule has 0 aliphatic heterocycles. The fourth-order valence-electron chi connectivity index (χ4n) is 8.96. The van der Waals surface area contributed by atoms with Gasteiger partial charge < -0.3 is 0 Å². The van der Waals surface area contributed by atoms with Crippen LogP contribution in [0.4, 0.5) is 0 Å². The lowest BCUT2D eigenvalue weighted by molar-refractivity contribution is 0.442. The van der Waals surface area contributed by atoms with E-state index in [0.717, 1.165) is 88.8 Å². The van der Waals surface area contributed by atoms with Crippen molar-refractivity contribution in [3.63, 3.8) is 0 Å². The number of rotatable bonds is 20. The highest BCUT2D eigenvalue weighted by atomic mass is 32.1. The maximum Gasteiger partial charge on any atom is 0.116 e. The average Bonchev–Trinajstić information content (AvgIpc) is 4.18. The van der Waals surface area contributed by atoms with Crippen LogP contribution in [0.25, 0.3) is 85.0 Å². The Hall–Kier alpha value is -4.38. The van der Waals surface area contributed by atoms with E-state index >= 15 is 0 Å². The Morgan fingerprint density at radius 1 is 0.444 bits per heavy atom. The summed E-state index contributed by atoms with van der Waals surface area (Å²) in [4.78, 5) is 18.2. The Labute approximate surface area is 393 Å². The molecule has 9 rings (SSSR count). The fraction of sp³-hybridized carbons (Fsp3) is 0.333. The molecule has 0 bridgehead atoms. The van der Waals surface area contributed by atoms with Crippen LogP contribution in [0.15, 0.2) is 108 Å². The monoisotopic (exact) mass is 920 g/mol. The highest BCUT2D eigenvalue weighted by Gasteiger charge is 2.27. The summed E-state index contributed by atoms with van der Waals surface area (Å²) in [5.41, 5.74) is 12.7. The standard InChI is InChI=1S/C54H56N4S5/c1-5-9-11-15-35(7-3)33-37-19-23-39(24-20-37)41-27-29-43(61-41)47-51-52(56-50(46-18-14-32-60-46)49(55-51)45-17-13-31-59-45)48(54-53(47)57-63-58-54)44-30-28-42(62-44)40-25-21-38(22-26-40)34-36(8-4)16-12-10-6-2/h13-14,17-32,35-36H,5-12,15-16,33-34H2,1-4H3. The largest absolute Gasteiger partial charge is 0.242 e. The maximum atomic E-state index is 5.65. The minimum absolute atomic E-state index is 0.748. The van der Waals surface area contributed by atoms with Gasteiger partial charge >= 0.3 is 0 Å². The molecule has 4 nitrogen and oxygen atoms in total. The molecule has 2 atom stereocenters. The van der Waals surface area contributed by atoms with E-state index in [0.29, 0.717) is 0 Å². The van der Waals surface area contributed by atoms with E-state index in [9.17, 15) is 0 Å². The lowest BCUT2D eigenvalue weighted by Crippen LogP contribution is -2.03. The summed E-state index contributed by atoms with van der Waals surface area (Å²) in [5, 5.41) is 4.25. The Balaban J connectivity index is 1.12. The molecule has 9 heteroatoms. The molecule has 63 heavy (non-hydrogen) atoms. The van der Waals surface area contributed by atoms with Crippen LogP contribution in [-0.2, 0) is 12.8 Å². The summed E-state index contributed by atoms with van der Waals surface area (Å²) >= 11 is 8.30. The fourth-order valence-corrected chi connectivity index (χ4v) is 13.1. The summed E-state index contributed by atoms with van der Waals surface area (Å²) in [6.07, 6.45) is 15.3. The van der Waals surface area contributed by atoms with Crippen LogP contribution in [0.5, 0.6) is 0 Å². The van der Waals surface area contributed by atoms with Crippen molar-refractivity contribution in [1.29, 1.82) is 0 Å². The second-order valence-electron chi connectivity index (χ2n) is 17.0. The number of fused-ring (bicyclic) bond motifs is 2. The summed E-state index contributed by atoms with van der Waals surface area (Å²) in [6, 6.07) is 36.2. The van der Waals surface area contributed by atoms with E-state index in [1.165, 1.54) is 108 Å². The van der Waals surface area contributed by atoms with Gasteiger partial charge in [0, 0.05) is 30.6 Å². The van der Waals surface area contributed by atoms with E-state index in [2.05, 4.69) is 136 Å². The number of unbranched alkanes of at least 4 members (excludes halogenated alkanes) is 4. The zero-order chi connectivity index (χ0) is 43.1. The molecular weight excluding hydrogens is 865 g/mol. The van der Waals surface area contributed by atoms with Gasteiger partial charge in [0.05, 0.1) is 21.5 Å². The van der Waals surface area contributed by atoms with Gasteiger partial charge in [-0.2, -0.15) is 8.75 Å². The van der Waals surface area contributed by atoms with Gasteiger partial charge in [-0.25, -0.2) is 9.97 Å². The van der Waals surface area contributed by atoms with Crippen LogP contribution in [0.1, 0.15) is 103 Å². The Morgan fingerprint density at radius 2 is 0.873 bits per heavy atom. The van der Waals surface area contributed by atoms with Crippen LogP contribution in [-0.4, -0.2) is 18.7 Å². The van der Waals surface area contributed by atoms with Gasteiger partial charge in [0.25, 0.3) is 0 Å². The van der Waals surface area contributed by atoms with Gasteiger partial charge in [0.15, 0.2) is 0 Å². The molecule has 0 aliphatic rings. The van der Waals surface area contributed by atoms with Crippen molar-refractivity contribution < 1.29 is 0 Å². The first-order chi connectivity index (χ1) is 31.0. The number of hydrogen-bond acceptors (Lipinski definition) is 9. The Bertz CT molecular complexity index is 2650. The molecule has 3 aromatic carbocycles. The predicted molar refractivity (Wildman–Crippen MR) is 278 cm³/mol. The summed E-state index contributed by atoms with van der Waals surface area (Å²) in [7, 11) is 0. The second-order valence-corrected chi connectivity index (χ2v) is 21.5. The third kappa shape index (κ3) is 9.69. The molecule has 0 amide bonds. The number of nitrogens with zero attached hydrogens (tertiary/aromatic N) is 4. The highest BCUT2D eigenvalue weighted by molar-refractivity contribution is 7.19. The van der Waals surface area contributed by atoms with Gasteiger partial charge in [-0.3, -0.25) is 0 Å². The summed E-state index contributed by atoms with van der Waals surface area (Å²) in [5.74, 6) is 1.50. The normalized spacial score (nSPS) is 12.8. The first-order valence-electron chi connectivity index (χ1n) is 23.0. The van der Waals surface area contributed by atoms with Crippen molar-refractivity contribution in [1.82, 2.24) is 18.7 Å². The van der Waals surface area contributed by atoms with Crippen LogP contribution < -0.4 is 0 Å². The smallest absolute Gasteiger partial charge is 0.116 e. The van der Waals surface area contributed by atoms with Crippen LogP contribution in [0, 0.1) is 11.8 Å². The maximum absolute atomic E-state index is 5.65. The van der Waals surface area contributed by atoms with Gasteiger partial charge in [-0.15, -0.1) is 45.3 Å². The van der Waals surface area contributed by atoms with Crippen LogP contribution in [0.3, 0.4) is 0 Å². The number of benzene rings is 3. The zero-order valence-corrected chi connectivity index (χ0v) is 40.9. The number of aromatic nitrogens is 4. The molecule has 0 aliphatic carbocycles. The molecule has 0 N–H and O–H groups in total. The SMILES string of the molecule is CCCCCC(CC)Cc1ccc(-c2ccc(-c3c4nsnc4c(-c4ccc(-c5ccc(CC(CC)CCCCC)cc5)s4)c4nc(-c5cccs5)c(-c5cccs5)nc34)s2)cc1. The molecule has 0 saturated carbocycles. The molecule has 6 aromatic heterocycles. The van der Waals surface area contributed by atoms with Gasteiger partial charge in [-0.05, 0) is 94.1 Å². The molecular formula is C54H56N4S5. The molecule has 0 spiro atoms. The zero-order valence-electron chi connectivity index (χ0n) is 36.9. The van der Waals surface area contributed by atoms with E-state index in [1.807, 2.05) is 0 Å². The summed E-state index contributed by atoms with van der Waals surface area (Å²) in [6.45, 7) is 9.27. The molecule has 2 unspecified atom stereocenters. The predicted octanol–water partition coefficient (Wildman–Crippen LogP) is 18.2. The molecule has 6 heterocycles. The Kier molecular flexibility index (Phi) is 14.4.